The van der Waals surface area contributed by atoms with E-state index in [4.69, 9.17) is 0 Å². The molecule has 3 aliphatic rings. The van der Waals surface area contributed by atoms with Crippen molar-refractivity contribution in [1.29, 1.82) is 0 Å². The van der Waals surface area contributed by atoms with E-state index in [1.165, 1.54) is 16.8 Å². The van der Waals surface area contributed by atoms with Crippen LogP contribution in [0.1, 0.15) is 42.5 Å². The molecule has 8 nitrogen and oxygen atoms in total. The fourth-order valence-electron chi connectivity index (χ4n) is 4.44. The van der Waals surface area contributed by atoms with Gasteiger partial charge in [-0.1, -0.05) is 6.07 Å². The average molecular weight is 435 g/mol. The van der Waals surface area contributed by atoms with Crippen LogP contribution >= 0.6 is 0 Å². The summed E-state index contributed by atoms with van der Waals surface area (Å²) in [7, 11) is -3.55. The van der Waals surface area contributed by atoms with Crippen LogP contribution in [-0.2, 0) is 10.0 Å². The molecule has 164 valence electrons. The van der Waals surface area contributed by atoms with Crippen LogP contribution in [0.15, 0.2) is 29.2 Å². The third kappa shape index (κ3) is 4.32. The number of urea groups is 1. The quantitative estimate of drug-likeness (QED) is 0.727. The Balaban J connectivity index is 1.39. The number of hydrogen-bond donors (Lipinski definition) is 0. The Hall–Kier alpha value is -2.13. The summed E-state index contributed by atoms with van der Waals surface area (Å²) in [5, 5.41) is 0. The van der Waals surface area contributed by atoms with Gasteiger partial charge in [0.15, 0.2) is 0 Å². The number of amides is 3. The summed E-state index contributed by atoms with van der Waals surface area (Å²) in [5.74, 6) is -0.182. The highest BCUT2D eigenvalue weighted by molar-refractivity contribution is 7.89. The molecule has 3 aliphatic heterocycles. The predicted octanol–water partition coefficient (Wildman–Crippen LogP) is 1.83. The maximum Gasteiger partial charge on any atom is 0.320 e. The van der Waals surface area contributed by atoms with E-state index >= 15 is 0 Å². The summed E-state index contributed by atoms with van der Waals surface area (Å²) >= 11 is 0. The molecule has 3 fully saturated rings. The highest BCUT2D eigenvalue weighted by Gasteiger charge is 2.30. The molecule has 0 N–H and O–H groups in total. The second-order valence-corrected chi connectivity index (χ2v) is 10.2. The van der Waals surface area contributed by atoms with E-state index in [9.17, 15) is 18.0 Å². The van der Waals surface area contributed by atoms with Crippen molar-refractivity contribution in [2.75, 3.05) is 52.4 Å². The van der Waals surface area contributed by atoms with Crippen LogP contribution in [-0.4, -0.2) is 91.7 Å². The number of hydrogen-bond acceptors (Lipinski definition) is 4. The molecular formula is C21H30N4O4S. The van der Waals surface area contributed by atoms with Gasteiger partial charge in [-0.05, 0) is 50.3 Å². The van der Waals surface area contributed by atoms with Crippen molar-refractivity contribution in [2.45, 2.75) is 37.0 Å². The number of likely N-dealkylation sites (tertiary alicyclic amines) is 1. The second-order valence-electron chi connectivity index (χ2n) is 8.25. The minimum atomic E-state index is -3.55. The second kappa shape index (κ2) is 8.93. The normalized spacial score (nSPS) is 21.1. The van der Waals surface area contributed by atoms with Crippen molar-refractivity contribution < 1.29 is 18.0 Å². The van der Waals surface area contributed by atoms with Crippen molar-refractivity contribution in [2.24, 2.45) is 0 Å². The molecule has 0 aliphatic carbocycles. The maximum atomic E-state index is 13.0. The first kappa shape index (κ1) is 21.1. The Kier molecular flexibility index (Phi) is 6.29. The van der Waals surface area contributed by atoms with Gasteiger partial charge in [0, 0.05) is 57.9 Å². The van der Waals surface area contributed by atoms with Crippen LogP contribution in [0.5, 0.6) is 0 Å². The summed E-state index contributed by atoms with van der Waals surface area (Å²) in [4.78, 5) is 31.3. The summed E-state index contributed by atoms with van der Waals surface area (Å²) in [6.45, 7) is 4.64. The van der Waals surface area contributed by atoms with E-state index in [0.29, 0.717) is 44.8 Å². The number of piperazine rings is 1. The Morgan fingerprint density at radius 2 is 1.27 bits per heavy atom. The van der Waals surface area contributed by atoms with Gasteiger partial charge < -0.3 is 14.7 Å². The summed E-state index contributed by atoms with van der Waals surface area (Å²) < 4.78 is 27.1. The van der Waals surface area contributed by atoms with E-state index < -0.39 is 10.0 Å². The van der Waals surface area contributed by atoms with Gasteiger partial charge >= 0.3 is 6.03 Å². The van der Waals surface area contributed by atoms with Gasteiger partial charge in [-0.15, -0.1) is 0 Å². The van der Waals surface area contributed by atoms with E-state index in [1.54, 1.807) is 23.1 Å². The van der Waals surface area contributed by atoms with Crippen molar-refractivity contribution in [1.82, 2.24) is 19.0 Å². The molecule has 9 heteroatoms. The maximum absolute atomic E-state index is 13.0. The molecule has 3 heterocycles. The van der Waals surface area contributed by atoms with Gasteiger partial charge in [0.05, 0.1) is 4.90 Å². The third-order valence-corrected chi connectivity index (χ3v) is 8.14. The van der Waals surface area contributed by atoms with Crippen LogP contribution in [0.2, 0.25) is 0 Å². The Bertz CT molecular complexity index is 884. The molecule has 0 radical (unpaired) electrons. The molecule has 0 bridgehead atoms. The van der Waals surface area contributed by atoms with Gasteiger partial charge in [-0.3, -0.25) is 4.79 Å². The Morgan fingerprint density at radius 3 is 1.93 bits per heavy atom. The van der Waals surface area contributed by atoms with Gasteiger partial charge in [0.2, 0.25) is 10.0 Å². The smallest absolute Gasteiger partial charge is 0.320 e. The van der Waals surface area contributed by atoms with Crippen molar-refractivity contribution >= 4 is 22.0 Å². The number of carbonyl (C=O) groups excluding carboxylic acids is 2. The molecule has 3 amide bonds. The molecule has 1 aromatic carbocycles. The zero-order chi connectivity index (χ0) is 21.1. The highest BCUT2D eigenvalue weighted by atomic mass is 32.2. The molecule has 1 aromatic rings. The molecule has 0 aromatic heterocycles. The lowest BCUT2D eigenvalue weighted by molar-refractivity contribution is 0.0632. The number of benzene rings is 1. The number of sulfonamides is 1. The topological polar surface area (TPSA) is 81.2 Å². The van der Waals surface area contributed by atoms with Crippen molar-refractivity contribution in [3.05, 3.63) is 29.8 Å². The fraction of sp³-hybridized carbons (Fsp3) is 0.619. The molecular weight excluding hydrogens is 404 g/mol. The summed E-state index contributed by atoms with van der Waals surface area (Å²) in [5.41, 5.74) is 0.381. The molecule has 30 heavy (non-hydrogen) atoms. The van der Waals surface area contributed by atoms with Crippen molar-refractivity contribution in [3.63, 3.8) is 0 Å². The van der Waals surface area contributed by atoms with E-state index in [-0.39, 0.29) is 16.8 Å². The molecule has 0 unspecified atom stereocenters. The van der Waals surface area contributed by atoms with E-state index in [0.717, 1.165) is 38.8 Å². The lowest BCUT2D eigenvalue weighted by Crippen LogP contribution is -2.54. The largest absolute Gasteiger partial charge is 0.335 e. The standard InChI is InChI=1S/C21H30N4O4S/c26-20(18-7-6-8-19(17-18)30(28,29)25-11-4-5-12-25)22-13-15-24(16-14-22)21(27)23-9-2-1-3-10-23/h6-8,17H,1-5,9-16H2. The third-order valence-electron chi connectivity index (χ3n) is 6.25. The van der Waals surface area contributed by atoms with Crippen LogP contribution in [0.3, 0.4) is 0 Å². The first-order chi connectivity index (χ1) is 14.5. The lowest BCUT2D eigenvalue weighted by atomic mass is 10.1. The SMILES string of the molecule is O=C(c1cccc(S(=O)(=O)N2CCCC2)c1)N1CCN(C(=O)N2CCCCC2)CC1. The molecule has 3 saturated heterocycles. The monoisotopic (exact) mass is 434 g/mol. The zero-order valence-electron chi connectivity index (χ0n) is 17.3. The molecule has 4 rings (SSSR count). The minimum absolute atomic E-state index is 0.0699. The first-order valence-corrected chi connectivity index (χ1v) is 12.3. The van der Waals surface area contributed by atoms with Crippen LogP contribution < -0.4 is 0 Å². The molecule has 0 spiro atoms. The molecule has 0 saturated carbocycles. The Morgan fingerprint density at radius 1 is 0.700 bits per heavy atom. The van der Waals surface area contributed by atoms with E-state index in [2.05, 4.69) is 0 Å². The number of nitrogens with zero attached hydrogens (tertiary/aromatic N) is 4. The number of carbonyl (C=O) groups is 2. The van der Waals surface area contributed by atoms with Gasteiger partial charge in [0.1, 0.15) is 0 Å². The van der Waals surface area contributed by atoms with Crippen LogP contribution in [0.4, 0.5) is 4.79 Å². The van der Waals surface area contributed by atoms with Crippen molar-refractivity contribution in [3.8, 4) is 0 Å². The minimum Gasteiger partial charge on any atom is -0.335 e. The van der Waals surface area contributed by atoms with Crippen LogP contribution in [0.25, 0.3) is 0 Å². The zero-order valence-corrected chi connectivity index (χ0v) is 18.1. The van der Waals surface area contributed by atoms with Crippen LogP contribution in [0, 0.1) is 0 Å². The highest BCUT2D eigenvalue weighted by Crippen LogP contribution is 2.22. The summed E-state index contributed by atoms with van der Waals surface area (Å²) in [6.07, 6.45) is 5.04. The predicted molar refractivity (Wildman–Crippen MR) is 113 cm³/mol. The lowest BCUT2D eigenvalue weighted by Gasteiger charge is -2.38. The van der Waals surface area contributed by atoms with Gasteiger partial charge in [-0.25, -0.2) is 13.2 Å². The first-order valence-electron chi connectivity index (χ1n) is 10.9. The van der Waals surface area contributed by atoms with E-state index in [1.807, 2.05) is 9.80 Å². The summed E-state index contributed by atoms with van der Waals surface area (Å²) in [6, 6.07) is 6.41. The average Bonchev–Trinajstić information content (AvgIpc) is 3.35. The van der Waals surface area contributed by atoms with Gasteiger partial charge in [0.25, 0.3) is 5.91 Å². The molecule has 0 atom stereocenters. The number of rotatable bonds is 3. The fourth-order valence-corrected chi connectivity index (χ4v) is 6.00. The number of piperidine rings is 1. The van der Waals surface area contributed by atoms with Gasteiger partial charge in [-0.2, -0.15) is 4.31 Å². The Labute approximate surface area is 178 Å².